The molecule has 0 bridgehead atoms. The summed E-state index contributed by atoms with van der Waals surface area (Å²) < 4.78 is 40.9. The molecule has 34 heavy (non-hydrogen) atoms. The standard InChI is InChI=1S/C24H22F2N2O6/c1-3-33-22-13-18(19(28(30)31)14-21(22)32-2)23(29)27-17-9-10-20(34-24(25)26)16(12-17)11-15-7-5-4-6-8-15/h4-10,12-14,24H,3,11H2,1-2H3,(H,27,29). The van der Waals surface area contributed by atoms with Crippen LogP contribution >= 0.6 is 0 Å². The van der Waals surface area contributed by atoms with Gasteiger partial charge in [-0.05, 0) is 30.7 Å². The van der Waals surface area contributed by atoms with Crippen LogP contribution in [-0.4, -0.2) is 31.2 Å². The second-order valence-corrected chi connectivity index (χ2v) is 7.03. The van der Waals surface area contributed by atoms with Crippen LogP contribution in [0, 0.1) is 10.1 Å². The number of alkyl halides is 2. The Hall–Kier alpha value is -4.21. The lowest BCUT2D eigenvalue weighted by Crippen LogP contribution is -2.15. The number of benzene rings is 3. The maximum Gasteiger partial charge on any atom is 0.387 e. The molecule has 0 radical (unpaired) electrons. The highest BCUT2D eigenvalue weighted by molar-refractivity contribution is 6.07. The summed E-state index contributed by atoms with van der Waals surface area (Å²) in [7, 11) is 1.33. The molecule has 0 aliphatic carbocycles. The molecule has 3 aromatic rings. The number of carbonyl (C=O) groups is 1. The monoisotopic (exact) mass is 472 g/mol. The Balaban J connectivity index is 1.95. The summed E-state index contributed by atoms with van der Waals surface area (Å²) in [6.45, 7) is -1.05. The van der Waals surface area contributed by atoms with Gasteiger partial charge >= 0.3 is 6.61 Å². The first-order valence-electron chi connectivity index (χ1n) is 10.2. The fourth-order valence-corrected chi connectivity index (χ4v) is 3.33. The van der Waals surface area contributed by atoms with E-state index in [1.165, 1.54) is 31.4 Å². The number of halogens is 2. The first kappa shape index (κ1) is 24.4. The van der Waals surface area contributed by atoms with Crippen LogP contribution in [-0.2, 0) is 6.42 Å². The number of nitrogens with one attached hydrogen (secondary N) is 1. The predicted octanol–water partition coefficient (Wildman–Crippen LogP) is 5.45. The van der Waals surface area contributed by atoms with E-state index in [-0.39, 0.29) is 41.5 Å². The van der Waals surface area contributed by atoms with Gasteiger partial charge in [0.05, 0.1) is 24.7 Å². The molecule has 178 valence electrons. The van der Waals surface area contributed by atoms with Gasteiger partial charge in [-0.1, -0.05) is 30.3 Å². The third-order valence-electron chi connectivity index (χ3n) is 4.79. The Morgan fingerprint density at radius 1 is 1.06 bits per heavy atom. The Labute approximate surface area is 194 Å². The van der Waals surface area contributed by atoms with E-state index in [0.29, 0.717) is 5.56 Å². The molecule has 0 saturated heterocycles. The number of hydrogen-bond donors (Lipinski definition) is 1. The second kappa shape index (κ2) is 11.1. The maximum atomic E-state index is 13.0. The van der Waals surface area contributed by atoms with E-state index in [2.05, 4.69) is 10.1 Å². The number of ether oxygens (including phenoxy) is 3. The summed E-state index contributed by atoms with van der Waals surface area (Å²) in [6, 6.07) is 15.6. The summed E-state index contributed by atoms with van der Waals surface area (Å²) in [4.78, 5) is 23.8. The molecule has 0 saturated carbocycles. The van der Waals surface area contributed by atoms with Crippen LogP contribution in [0.5, 0.6) is 17.2 Å². The lowest BCUT2D eigenvalue weighted by Gasteiger charge is -2.14. The van der Waals surface area contributed by atoms with Gasteiger partial charge in [0.2, 0.25) is 0 Å². The molecule has 0 atom stereocenters. The molecule has 0 aliphatic heterocycles. The highest BCUT2D eigenvalue weighted by atomic mass is 19.3. The fourth-order valence-electron chi connectivity index (χ4n) is 3.33. The second-order valence-electron chi connectivity index (χ2n) is 7.03. The minimum absolute atomic E-state index is 0.0362. The van der Waals surface area contributed by atoms with Crippen LogP contribution in [0.15, 0.2) is 60.7 Å². The van der Waals surface area contributed by atoms with Crippen LogP contribution in [0.2, 0.25) is 0 Å². The van der Waals surface area contributed by atoms with Gasteiger partial charge in [0, 0.05) is 23.7 Å². The van der Waals surface area contributed by atoms with Crippen molar-refractivity contribution in [1.82, 2.24) is 0 Å². The van der Waals surface area contributed by atoms with Crippen molar-refractivity contribution in [1.29, 1.82) is 0 Å². The van der Waals surface area contributed by atoms with Gasteiger partial charge < -0.3 is 19.5 Å². The minimum Gasteiger partial charge on any atom is -0.493 e. The largest absolute Gasteiger partial charge is 0.493 e. The molecule has 3 aromatic carbocycles. The van der Waals surface area contributed by atoms with Gasteiger partial charge in [-0.15, -0.1) is 0 Å². The number of anilines is 1. The molecule has 0 spiro atoms. The van der Waals surface area contributed by atoms with Gasteiger partial charge in [-0.2, -0.15) is 8.78 Å². The van der Waals surface area contributed by atoms with Crippen molar-refractivity contribution in [2.75, 3.05) is 19.0 Å². The topological polar surface area (TPSA) is 99.9 Å². The van der Waals surface area contributed by atoms with Crippen molar-refractivity contribution < 1.29 is 32.7 Å². The zero-order valence-corrected chi connectivity index (χ0v) is 18.4. The molecule has 1 amide bonds. The quantitative estimate of drug-likeness (QED) is 0.311. The molecule has 10 heteroatoms. The van der Waals surface area contributed by atoms with Gasteiger partial charge in [0.25, 0.3) is 11.6 Å². The molecule has 0 aliphatic rings. The number of carbonyl (C=O) groups excluding carboxylic acids is 1. The summed E-state index contributed by atoms with van der Waals surface area (Å²) >= 11 is 0. The molecular formula is C24H22F2N2O6. The van der Waals surface area contributed by atoms with Crippen LogP contribution in [0.25, 0.3) is 0 Å². The fraction of sp³-hybridized carbons (Fsp3) is 0.208. The average Bonchev–Trinajstić information content (AvgIpc) is 2.81. The Morgan fingerprint density at radius 3 is 2.41 bits per heavy atom. The minimum atomic E-state index is -3.02. The smallest absolute Gasteiger partial charge is 0.387 e. The molecule has 0 unspecified atom stereocenters. The van der Waals surface area contributed by atoms with Crippen molar-refractivity contribution in [2.24, 2.45) is 0 Å². The summed E-state index contributed by atoms with van der Waals surface area (Å²) in [5, 5.41) is 14.1. The number of amides is 1. The molecule has 3 rings (SSSR count). The Morgan fingerprint density at radius 2 is 1.79 bits per heavy atom. The van der Waals surface area contributed by atoms with Crippen LogP contribution in [0.3, 0.4) is 0 Å². The summed E-state index contributed by atoms with van der Waals surface area (Å²) in [5.41, 5.74) is 0.785. The molecule has 0 fully saturated rings. The van der Waals surface area contributed by atoms with Crippen molar-refractivity contribution >= 4 is 17.3 Å². The lowest BCUT2D eigenvalue weighted by atomic mass is 10.0. The maximum absolute atomic E-state index is 13.0. The van der Waals surface area contributed by atoms with Crippen molar-refractivity contribution in [3.8, 4) is 17.2 Å². The van der Waals surface area contributed by atoms with Crippen LogP contribution in [0.4, 0.5) is 20.2 Å². The highest BCUT2D eigenvalue weighted by Crippen LogP contribution is 2.35. The summed E-state index contributed by atoms with van der Waals surface area (Å²) in [5.74, 6) is -0.524. The summed E-state index contributed by atoms with van der Waals surface area (Å²) in [6.07, 6.45) is 0.268. The molecule has 0 heterocycles. The van der Waals surface area contributed by atoms with Gasteiger partial charge in [0.15, 0.2) is 11.5 Å². The molecular weight excluding hydrogens is 450 g/mol. The highest BCUT2D eigenvalue weighted by Gasteiger charge is 2.25. The first-order chi connectivity index (χ1) is 16.3. The van der Waals surface area contributed by atoms with E-state index in [0.717, 1.165) is 11.6 Å². The zero-order chi connectivity index (χ0) is 24.7. The van der Waals surface area contributed by atoms with Gasteiger partial charge in [0.1, 0.15) is 11.3 Å². The molecule has 1 N–H and O–H groups in total. The SMILES string of the molecule is CCOc1cc(C(=O)Nc2ccc(OC(F)F)c(Cc3ccccc3)c2)c([N+](=O)[O-])cc1OC. The van der Waals surface area contributed by atoms with Crippen molar-refractivity contribution in [3.63, 3.8) is 0 Å². The van der Waals surface area contributed by atoms with Crippen molar-refractivity contribution in [2.45, 2.75) is 20.0 Å². The Bertz CT molecular complexity index is 1170. The number of nitro groups is 1. The first-order valence-corrected chi connectivity index (χ1v) is 10.2. The average molecular weight is 472 g/mol. The van der Waals surface area contributed by atoms with Crippen LogP contribution < -0.4 is 19.5 Å². The molecule has 0 aromatic heterocycles. The number of nitrogens with zero attached hydrogens (tertiary/aromatic N) is 1. The van der Waals surface area contributed by atoms with E-state index >= 15 is 0 Å². The predicted molar refractivity (Wildman–Crippen MR) is 121 cm³/mol. The Kier molecular flexibility index (Phi) is 7.96. The third-order valence-corrected chi connectivity index (χ3v) is 4.79. The lowest BCUT2D eigenvalue weighted by molar-refractivity contribution is -0.385. The number of nitro benzene ring substituents is 1. The third kappa shape index (κ3) is 5.97. The van der Waals surface area contributed by atoms with Crippen LogP contribution in [0.1, 0.15) is 28.4 Å². The van der Waals surface area contributed by atoms with Gasteiger partial charge in [-0.3, -0.25) is 14.9 Å². The van der Waals surface area contributed by atoms with E-state index in [9.17, 15) is 23.7 Å². The van der Waals surface area contributed by atoms with E-state index < -0.39 is 23.1 Å². The number of hydrogen-bond acceptors (Lipinski definition) is 6. The van der Waals surface area contributed by atoms with E-state index in [1.807, 2.05) is 30.3 Å². The number of rotatable bonds is 10. The zero-order valence-electron chi connectivity index (χ0n) is 18.4. The van der Waals surface area contributed by atoms with Crippen molar-refractivity contribution in [3.05, 3.63) is 87.5 Å². The van der Waals surface area contributed by atoms with E-state index in [1.54, 1.807) is 6.92 Å². The van der Waals surface area contributed by atoms with Gasteiger partial charge in [-0.25, -0.2) is 0 Å². The number of methoxy groups -OCH3 is 1. The normalized spacial score (nSPS) is 10.6. The van der Waals surface area contributed by atoms with E-state index in [4.69, 9.17) is 9.47 Å². The molecule has 8 nitrogen and oxygen atoms in total.